The van der Waals surface area contributed by atoms with Crippen LogP contribution in [0.25, 0.3) is 0 Å². The molecule has 0 spiro atoms. The van der Waals surface area contributed by atoms with Crippen molar-refractivity contribution in [2.75, 3.05) is 13.1 Å². The topological polar surface area (TPSA) is 59.1 Å². The number of likely N-dealkylation sites (tertiary alicyclic amines) is 1. The first-order valence-corrected chi connectivity index (χ1v) is 10.0. The van der Waals surface area contributed by atoms with E-state index in [0.717, 1.165) is 5.56 Å². The van der Waals surface area contributed by atoms with Crippen LogP contribution in [0.15, 0.2) is 30.3 Å². The van der Waals surface area contributed by atoms with E-state index in [4.69, 9.17) is 9.47 Å². The molecule has 1 heterocycles. The van der Waals surface area contributed by atoms with E-state index in [0.29, 0.717) is 25.9 Å². The summed E-state index contributed by atoms with van der Waals surface area (Å²) in [5.74, 6) is 0. The van der Waals surface area contributed by atoms with Crippen molar-refractivity contribution < 1.29 is 19.1 Å². The lowest BCUT2D eigenvalue weighted by molar-refractivity contribution is -0.0115. The normalized spacial score (nSPS) is 19.1. The van der Waals surface area contributed by atoms with Crippen LogP contribution in [-0.2, 0) is 16.1 Å². The van der Waals surface area contributed by atoms with Gasteiger partial charge in [0.15, 0.2) is 0 Å². The van der Waals surface area contributed by atoms with Crippen LogP contribution in [0.5, 0.6) is 0 Å². The molecule has 0 N–H and O–H groups in total. The van der Waals surface area contributed by atoms with E-state index in [2.05, 4.69) is 0 Å². The molecule has 6 heteroatoms. The van der Waals surface area contributed by atoms with E-state index in [-0.39, 0.29) is 24.8 Å². The molecule has 2 amide bonds. The molecule has 1 saturated heterocycles. The lowest BCUT2D eigenvalue weighted by Crippen LogP contribution is -2.58. The molecule has 1 aromatic rings. The van der Waals surface area contributed by atoms with Gasteiger partial charge in [0.2, 0.25) is 0 Å². The summed E-state index contributed by atoms with van der Waals surface area (Å²) in [4.78, 5) is 28.8. The maximum absolute atomic E-state index is 12.7. The Hall–Kier alpha value is -2.24. The van der Waals surface area contributed by atoms with Crippen molar-refractivity contribution in [3.05, 3.63) is 35.9 Å². The average Bonchev–Trinajstić information content (AvgIpc) is 2.59. The van der Waals surface area contributed by atoms with Crippen molar-refractivity contribution >= 4 is 12.2 Å². The summed E-state index contributed by atoms with van der Waals surface area (Å²) >= 11 is 0. The van der Waals surface area contributed by atoms with Crippen molar-refractivity contribution in [1.29, 1.82) is 0 Å². The van der Waals surface area contributed by atoms with Gasteiger partial charge < -0.3 is 19.3 Å². The van der Waals surface area contributed by atoms with Gasteiger partial charge in [-0.2, -0.15) is 0 Å². The molecule has 0 saturated carbocycles. The third-order valence-corrected chi connectivity index (χ3v) is 4.99. The smallest absolute Gasteiger partial charge is 0.410 e. The SMILES string of the molecule is CCN(C(=O)OC(C)(C)C)C1CCN(C(=O)OCc2ccccc2)C(C)(C)C1. The molecule has 156 valence electrons. The summed E-state index contributed by atoms with van der Waals surface area (Å²) in [6.45, 7) is 13.0. The zero-order chi connectivity index (χ0) is 20.9. The van der Waals surface area contributed by atoms with Gasteiger partial charge in [-0.05, 0) is 59.9 Å². The minimum Gasteiger partial charge on any atom is -0.445 e. The second kappa shape index (κ2) is 8.84. The van der Waals surface area contributed by atoms with Crippen molar-refractivity contribution in [3.8, 4) is 0 Å². The van der Waals surface area contributed by atoms with Gasteiger partial charge >= 0.3 is 12.2 Å². The maximum Gasteiger partial charge on any atom is 0.410 e. The van der Waals surface area contributed by atoms with Gasteiger partial charge in [0.1, 0.15) is 12.2 Å². The minimum absolute atomic E-state index is 0.0352. The first kappa shape index (κ1) is 22.1. The maximum atomic E-state index is 12.7. The Kier molecular flexibility index (Phi) is 6.96. The Balaban J connectivity index is 1.98. The molecule has 1 atom stereocenters. The molecule has 0 aliphatic carbocycles. The third-order valence-electron chi connectivity index (χ3n) is 4.99. The highest BCUT2D eigenvalue weighted by molar-refractivity contribution is 5.70. The summed E-state index contributed by atoms with van der Waals surface area (Å²) in [7, 11) is 0. The van der Waals surface area contributed by atoms with Gasteiger partial charge in [0, 0.05) is 24.7 Å². The highest BCUT2D eigenvalue weighted by atomic mass is 16.6. The highest BCUT2D eigenvalue weighted by Crippen LogP contribution is 2.31. The Labute approximate surface area is 168 Å². The van der Waals surface area contributed by atoms with E-state index in [1.165, 1.54) is 0 Å². The number of hydrogen-bond acceptors (Lipinski definition) is 4. The largest absolute Gasteiger partial charge is 0.445 e. The van der Waals surface area contributed by atoms with Gasteiger partial charge in [-0.15, -0.1) is 0 Å². The van der Waals surface area contributed by atoms with Gasteiger partial charge in [-0.3, -0.25) is 0 Å². The Bertz CT molecular complexity index is 667. The Morgan fingerprint density at radius 3 is 2.39 bits per heavy atom. The van der Waals surface area contributed by atoms with Crippen LogP contribution in [-0.4, -0.2) is 52.3 Å². The molecule has 1 aromatic carbocycles. The fraction of sp³-hybridized carbons (Fsp3) is 0.636. The second-order valence-corrected chi connectivity index (χ2v) is 8.92. The molecule has 2 rings (SSSR count). The zero-order valence-electron chi connectivity index (χ0n) is 18.0. The molecule has 1 aliphatic heterocycles. The molecular formula is C22H34N2O4. The first-order chi connectivity index (χ1) is 13.0. The molecule has 6 nitrogen and oxygen atoms in total. The quantitative estimate of drug-likeness (QED) is 0.739. The van der Waals surface area contributed by atoms with Gasteiger partial charge in [-0.1, -0.05) is 30.3 Å². The molecule has 1 fully saturated rings. The van der Waals surface area contributed by atoms with Crippen LogP contribution in [0.1, 0.15) is 59.9 Å². The number of nitrogens with zero attached hydrogens (tertiary/aromatic N) is 2. The van der Waals surface area contributed by atoms with E-state index >= 15 is 0 Å². The molecule has 0 bridgehead atoms. The van der Waals surface area contributed by atoms with E-state index in [1.807, 2.05) is 71.9 Å². The van der Waals surface area contributed by atoms with Crippen molar-refractivity contribution in [2.24, 2.45) is 0 Å². The lowest BCUT2D eigenvalue weighted by Gasteiger charge is -2.47. The summed E-state index contributed by atoms with van der Waals surface area (Å²) in [6, 6.07) is 9.69. The Morgan fingerprint density at radius 2 is 1.86 bits per heavy atom. The number of piperidine rings is 1. The summed E-state index contributed by atoms with van der Waals surface area (Å²) in [6.07, 6.45) is 0.779. The van der Waals surface area contributed by atoms with E-state index in [1.54, 1.807) is 9.80 Å². The number of rotatable bonds is 4. The van der Waals surface area contributed by atoms with Crippen molar-refractivity contribution in [1.82, 2.24) is 9.80 Å². The standard InChI is InChI=1S/C22H34N2O4/c1-7-23(19(25)28-21(2,3)4)18-13-14-24(22(5,6)15-18)20(26)27-16-17-11-9-8-10-12-17/h8-12,18H,7,13-16H2,1-6H3. The van der Waals surface area contributed by atoms with Crippen molar-refractivity contribution in [2.45, 2.75) is 78.2 Å². The number of carbonyl (C=O) groups is 2. The highest BCUT2D eigenvalue weighted by Gasteiger charge is 2.41. The van der Waals surface area contributed by atoms with Gasteiger partial charge in [-0.25, -0.2) is 9.59 Å². The molecule has 1 unspecified atom stereocenters. The predicted octanol–water partition coefficient (Wildman–Crippen LogP) is 4.82. The number of ether oxygens (including phenoxy) is 2. The summed E-state index contributed by atoms with van der Waals surface area (Å²) in [5.41, 5.74) is 0.0271. The second-order valence-electron chi connectivity index (χ2n) is 8.92. The van der Waals surface area contributed by atoms with Crippen LogP contribution in [0, 0.1) is 0 Å². The lowest BCUT2D eigenvalue weighted by atomic mass is 9.86. The monoisotopic (exact) mass is 390 g/mol. The van der Waals surface area contributed by atoms with Gasteiger partial charge in [0.05, 0.1) is 0 Å². The number of carbonyl (C=O) groups excluding carboxylic acids is 2. The molecule has 1 aliphatic rings. The fourth-order valence-electron chi connectivity index (χ4n) is 3.63. The zero-order valence-corrected chi connectivity index (χ0v) is 18.0. The van der Waals surface area contributed by atoms with Crippen LogP contribution in [0.4, 0.5) is 9.59 Å². The number of amides is 2. The summed E-state index contributed by atoms with van der Waals surface area (Å²) < 4.78 is 11.1. The number of benzene rings is 1. The van der Waals surface area contributed by atoms with Crippen LogP contribution in [0.2, 0.25) is 0 Å². The fourth-order valence-corrected chi connectivity index (χ4v) is 3.63. The van der Waals surface area contributed by atoms with Crippen LogP contribution < -0.4 is 0 Å². The molecule has 0 radical (unpaired) electrons. The van der Waals surface area contributed by atoms with E-state index < -0.39 is 11.1 Å². The summed E-state index contributed by atoms with van der Waals surface area (Å²) in [5, 5.41) is 0. The molecular weight excluding hydrogens is 356 g/mol. The third kappa shape index (κ3) is 5.88. The number of hydrogen-bond donors (Lipinski definition) is 0. The van der Waals surface area contributed by atoms with Gasteiger partial charge in [0.25, 0.3) is 0 Å². The van der Waals surface area contributed by atoms with Crippen LogP contribution in [0.3, 0.4) is 0 Å². The van der Waals surface area contributed by atoms with Crippen molar-refractivity contribution in [3.63, 3.8) is 0 Å². The van der Waals surface area contributed by atoms with E-state index in [9.17, 15) is 9.59 Å². The Morgan fingerprint density at radius 1 is 1.21 bits per heavy atom. The predicted molar refractivity (Wildman–Crippen MR) is 109 cm³/mol. The molecule has 0 aromatic heterocycles. The van der Waals surface area contributed by atoms with Crippen LogP contribution >= 0.6 is 0 Å². The average molecular weight is 391 g/mol. The first-order valence-electron chi connectivity index (χ1n) is 10.0. The minimum atomic E-state index is -0.526. The molecule has 28 heavy (non-hydrogen) atoms.